The number of hydrogen-bond donors (Lipinski definition) is 0. The molecule has 5 aromatic carbocycles. The predicted molar refractivity (Wildman–Crippen MR) is 217 cm³/mol. The highest BCUT2D eigenvalue weighted by Crippen LogP contribution is 2.55. The minimum absolute atomic E-state index is 0.0951. The first-order valence-corrected chi connectivity index (χ1v) is 19.8. The monoisotopic (exact) mass is 768 g/mol. The number of fused-ring (bicyclic) bond motifs is 10. The van der Waals surface area contributed by atoms with E-state index in [1.165, 1.54) is 22.7 Å². The van der Waals surface area contributed by atoms with Crippen LogP contribution in [0.15, 0.2) is 96.1 Å². The summed E-state index contributed by atoms with van der Waals surface area (Å²) in [6.45, 7) is 7.77. The Kier molecular flexibility index (Phi) is 6.56. The number of thiazole rings is 2. The molecule has 2 aliphatic carbocycles. The van der Waals surface area contributed by atoms with Gasteiger partial charge in [-0.3, -0.25) is 19.2 Å². The first kappa shape index (κ1) is 33.0. The summed E-state index contributed by atoms with van der Waals surface area (Å²) in [6.07, 6.45) is 3.21. The van der Waals surface area contributed by atoms with Gasteiger partial charge in [-0.15, -0.1) is 22.7 Å². The highest BCUT2D eigenvalue weighted by atomic mass is 32.1. The van der Waals surface area contributed by atoms with Gasteiger partial charge in [0.25, 0.3) is 0 Å². The molecule has 4 heterocycles. The van der Waals surface area contributed by atoms with E-state index in [2.05, 4.69) is 0 Å². The Bertz CT molecular complexity index is 2800. The molecule has 10 heteroatoms. The molecule has 0 unspecified atom stereocenters. The molecule has 4 aliphatic rings. The third-order valence-electron chi connectivity index (χ3n) is 11.0. The number of nitrogens with zero attached hydrogens (tertiary/aromatic N) is 2. The largest absolute Gasteiger partial charge is 0.481 e. The lowest BCUT2D eigenvalue weighted by molar-refractivity contribution is 0.0955. The lowest BCUT2D eigenvalue weighted by atomic mass is 9.92. The Labute approximate surface area is 327 Å². The van der Waals surface area contributed by atoms with Crippen molar-refractivity contribution >= 4 is 79.5 Å². The van der Waals surface area contributed by atoms with Crippen molar-refractivity contribution in [3.8, 4) is 32.4 Å². The topological polar surface area (TPSA) is 113 Å². The molecule has 0 atom stereocenters. The van der Waals surface area contributed by atoms with Crippen LogP contribution in [0.1, 0.15) is 90.5 Å². The summed E-state index contributed by atoms with van der Waals surface area (Å²) in [6, 6.07) is 26.4. The smallest absolute Gasteiger partial charge is 0.197 e. The van der Waals surface area contributed by atoms with Crippen molar-refractivity contribution in [2.45, 2.75) is 38.9 Å². The van der Waals surface area contributed by atoms with Crippen LogP contribution in [0.5, 0.6) is 11.5 Å². The fourth-order valence-corrected chi connectivity index (χ4v) is 10.6. The molecule has 0 N–H and O–H groups in total. The molecule has 0 fully saturated rings. The Morgan fingerprint density at radius 1 is 0.482 bits per heavy atom. The van der Waals surface area contributed by atoms with Crippen LogP contribution in [-0.2, 0) is 11.2 Å². The Morgan fingerprint density at radius 2 is 0.804 bits per heavy atom. The molecule has 0 radical (unpaired) electrons. The van der Waals surface area contributed by atoms with Gasteiger partial charge in [0, 0.05) is 33.4 Å². The van der Waals surface area contributed by atoms with Crippen molar-refractivity contribution in [1.82, 2.24) is 9.97 Å². The van der Waals surface area contributed by atoms with Gasteiger partial charge in [-0.05, 0) is 97.8 Å². The Hall–Kier alpha value is -6.36. The van der Waals surface area contributed by atoms with E-state index < -0.39 is 11.2 Å². The average Bonchev–Trinajstić information content (AvgIpc) is 3.92. The van der Waals surface area contributed by atoms with Crippen LogP contribution < -0.4 is 9.47 Å². The number of allylic oxidation sites excluding steroid dienone is 2. The summed E-state index contributed by atoms with van der Waals surface area (Å²) in [5.74, 6) is 0.0311. The van der Waals surface area contributed by atoms with Crippen molar-refractivity contribution in [2.24, 2.45) is 0 Å². The maximum absolute atomic E-state index is 13.6. The van der Waals surface area contributed by atoms with E-state index in [0.717, 1.165) is 42.4 Å². The number of hydrogen-bond acceptors (Lipinski definition) is 10. The molecule has 7 aromatic rings. The summed E-state index contributed by atoms with van der Waals surface area (Å²) >= 11 is 2.80. The Balaban J connectivity index is 0.972. The standard InChI is InChI=1S/C46H28N2O6S2/c1-45(2)43-41(55-35(47-43)19-31-37(49)25-13-21-9-5-6-10-22(21)14-26(25)38(31)50)29-18-34-30(17-33(29)53-45)42-44(46(3,4)54-34)48-36(56-42)20-32-39(51)27-15-23-11-7-8-12-24(23)16-28(27)40(32)52/h5-20H,1-4H3. The fraction of sp³-hybridized carbons (Fsp3) is 0.130. The van der Waals surface area contributed by atoms with Crippen LogP contribution in [-0.4, -0.2) is 33.1 Å². The third kappa shape index (κ3) is 4.63. The quantitative estimate of drug-likeness (QED) is 0.126. The van der Waals surface area contributed by atoms with Crippen LogP contribution >= 0.6 is 22.7 Å². The van der Waals surface area contributed by atoms with Crippen molar-refractivity contribution < 1.29 is 28.7 Å². The molecule has 56 heavy (non-hydrogen) atoms. The first-order valence-electron chi connectivity index (χ1n) is 18.1. The molecule has 0 saturated heterocycles. The van der Waals surface area contributed by atoms with Crippen molar-refractivity contribution in [2.75, 3.05) is 0 Å². The number of ketones is 4. The summed E-state index contributed by atoms with van der Waals surface area (Å²) in [5, 5.41) is 4.67. The van der Waals surface area contributed by atoms with Gasteiger partial charge in [-0.2, -0.15) is 0 Å². The van der Waals surface area contributed by atoms with Crippen molar-refractivity contribution in [3.05, 3.63) is 140 Å². The number of rotatable bonds is 2. The zero-order chi connectivity index (χ0) is 38.4. The van der Waals surface area contributed by atoms with Gasteiger partial charge >= 0.3 is 0 Å². The minimum Gasteiger partial charge on any atom is -0.481 e. The van der Waals surface area contributed by atoms with E-state index in [1.54, 1.807) is 36.4 Å². The zero-order valence-corrected chi connectivity index (χ0v) is 32.0. The molecular weight excluding hydrogens is 741 g/mol. The highest BCUT2D eigenvalue weighted by Gasteiger charge is 2.42. The van der Waals surface area contributed by atoms with Crippen LogP contribution in [0, 0.1) is 0 Å². The van der Waals surface area contributed by atoms with Gasteiger partial charge in [-0.25, -0.2) is 9.97 Å². The first-order chi connectivity index (χ1) is 26.8. The van der Waals surface area contributed by atoms with Gasteiger partial charge in [0.05, 0.1) is 20.9 Å². The lowest BCUT2D eigenvalue weighted by Gasteiger charge is -2.35. The van der Waals surface area contributed by atoms with Gasteiger partial charge in [0.15, 0.2) is 23.1 Å². The molecule has 2 aromatic heterocycles. The fourth-order valence-electron chi connectivity index (χ4n) is 8.24. The second-order valence-electron chi connectivity index (χ2n) is 15.5. The normalized spacial score (nSPS) is 16.9. The van der Waals surface area contributed by atoms with E-state index in [4.69, 9.17) is 19.4 Å². The minimum atomic E-state index is -0.835. The molecule has 270 valence electrons. The maximum Gasteiger partial charge on any atom is 0.197 e. The Morgan fingerprint density at radius 3 is 1.12 bits per heavy atom. The van der Waals surface area contributed by atoms with Crippen LogP contribution in [0.3, 0.4) is 0 Å². The summed E-state index contributed by atoms with van der Waals surface area (Å²) < 4.78 is 13.3. The number of ether oxygens (including phenoxy) is 2. The van der Waals surface area contributed by atoms with Crippen molar-refractivity contribution in [1.29, 1.82) is 0 Å². The van der Waals surface area contributed by atoms with E-state index in [0.29, 0.717) is 55.2 Å². The second-order valence-corrected chi connectivity index (χ2v) is 17.5. The lowest BCUT2D eigenvalue weighted by Crippen LogP contribution is -2.31. The van der Waals surface area contributed by atoms with Crippen LogP contribution in [0.2, 0.25) is 0 Å². The summed E-state index contributed by atoms with van der Waals surface area (Å²) in [5.41, 5.74) is 3.12. The second kappa shape index (κ2) is 11.1. The molecule has 0 bridgehead atoms. The number of Topliss-reactive ketones (excluding diaryl/α,β-unsaturated/α-hetero) is 4. The molecule has 8 nitrogen and oxygen atoms in total. The zero-order valence-electron chi connectivity index (χ0n) is 30.4. The average molecular weight is 769 g/mol. The molecule has 0 saturated carbocycles. The maximum atomic E-state index is 13.6. The van der Waals surface area contributed by atoms with Gasteiger partial charge in [0.1, 0.15) is 44.1 Å². The van der Waals surface area contributed by atoms with Gasteiger partial charge in [0.2, 0.25) is 0 Å². The molecule has 11 rings (SSSR count). The number of aromatic nitrogens is 2. The SMILES string of the molecule is CC1(C)Oc2cc3c(cc2-c2sc(C=C4C(=O)c5cc6ccccc6cc5C4=O)nc21)OC(C)(C)c1nc(C=C2C(=O)c4cc5ccccc5cc4C2=O)sc1-3. The van der Waals surface area contributed by atoms with Crippen molar-refractivity contribution in [3.63, 3.8) is 0 Å². The van der Waals surface area contributed by atoms with E-state index in [9.17, 15) is 19.2 Å². The van der Waals surface area contributed by atoms with Crippen LogP contribution in [0.4, 0.5) is 0 Å². The number of carbonyl (C=O) groups is 4. The molecular formula is C46H28N2O6S2. The highest BCUT2D eigenvalue weighted by molar-refractivity contribution is 7.16. The van der Waals surface area contributed by atoms with Crippen LogP contribution in [0.25, 0.3) is 54.6 Å². The summed E-state index contributed by atoms with van der Waals surface area (Å²) in [4.78, 5) is 65.9. The number of carbonyl (C=O) groups excluding carboxylic acids is 4. The number of benzene rings is 5. The van der Waals surface area contributed by atoms with Gasteiger partial charge in [-0.1, -0.05) is 48.5 Å². The molecule has 0 spiro atoms. The van der Waals surface area contributed by atoms with E-state index >= 15 is 0 Å². The predicted octanol–water partition coefficient (Wildman–Crippen LogP) is 10.4. The van der Waals surface area contributed by atoms with Gasteiger partial charge < -0.3 is 9.47 Å². The third-order valence-corrected chi connectivity index (χ3v) is 13.1. The molecule has 2 aliphatic heterocycles. The summed E-state index contributed by atoms with van der Waals surface area (Å²) in [7, 11) is 0. The molecule has 0 amide bonds. The van der Waals surface area contributed by atoms with E-state index in [-0.39, 0.29) is 34.3 Å². The van der Waals surface area contributed by atoms with E-state index in [1.807, 2.05) is 88.4 Å².